The number of halogens is 2. The highest BCUT2D eigenvalue weighted by Crippen LogP contribution is 2.30. The summed E-state index contributed by atoms with van der Waals surface area (Å²) in [7, 11) is 0. The zero-order valence-electron chi connectivity index (χ0n) is 7.79. The molecule has 0 aliphatic carbocycles. The monoisotopic (exact) mass is 291 g/mol. The molecule has 6 heteroatoms. The van der Waals surface area contributed by atoms with Crippen LogP contribution in [0.1, 0.15) is 15.9 Å². The lowest BCUT2D eigenvalue weighted by atomic mass is 10.1. The number of carbonyl (C=O) groups excluding carboxylic acids is 1. The quantitative estimate of drug-likeness (QED) is 0.372. The van der Waals surface area contributed by atoms with Gasteiger partial charge in [0.05, 0.1) is 10.8 Å². The van der Waals surface area contributed by atoms with Gasteiger partial charge in [-0.1, -0.05) is 6.07 Å². The van der Waals surface area contributed by atoms with Crippen molar-refractivity contribution < 1.29 is 9.72 Å². The highest BCUT2D eigenvalue weighted by molar-refractivity contribution is 9.10. The van der Waals surface area contributed by atoms with Gasteiger partial charge in [0.1, 0.15) is 5.56 Å². The van der Waals surface area contributed by atoms with Gasteiger partial charge in [0.15, 0.2) is 5.78 Å². The van der Waals surface area contributed by atoms with Crippen LogP contribution in [0.25, 0.3) is 0 Å². The Morgan fingerprint density at radius 3 is 2.67 bits per heavy atom. The van der Waals surface area contributed by atoms with E-state index in [1.54, 1.807) is 19.1 Å². The Hall–Kier alpha value is -0.940. The fourth-order valence-corrected chi connectivity index (χ4v) is 1.91. The van der Waals surface area contributed by atoms with Crippen molar-refractivity contribution in [2.45, 2.75) is 6.92 Å². The molecule has 0 spiro atoms. The predicted molar refractivity (Wildman–Crippen MR) is 60.6 cm³/mol. The lowest BCUT2D eigenvalue weighted by Crippen LogP contribution is -2.07. The summed E-state index contributed by atoms with van der Waals surface area (Å²) in [6, 6.07) is 3.18. The van der Waals surface area contributed by atoms with Crippen LogP contribution in [0, 0.1) is 17.0 Å². The fourth-order valence-electron chi connectivity index (χ4n) is 1.24. The normalized spacial score (nSPS) is 10.1. The van der Waals surface area contributed by atoms with Gasteiger partial charge in [0.25, 0.3) is 5.69 Å². The summed E-state index contributed by atoms with van der Waals surface area (Å²) >= 11 is 8.50. The highest BCUT2D eigenvalue weighted by atomic mass is 79.9. The molecule has 1 rings (SSSR count). The topological polar surface area (TPSA) is 60.2 Å². The van der Waals surface area contributed by atoms with Gasteiger partial charge >= 0.3 is 0 Å². The van der Waals surface area contributed by atoms with Crippen LogP contribution in [0.3, 0.4) is 0 Å². The molecular formula is C9H7BrClNO3. The predicted octanol–water partition coefficient (Wildman–Crippen LogP) is 3.09. The van der Waals surface area contributed by atoms with E-state index in [0.29, 0.717) is 10.0 Å². The zero-order valence-corrected chi connectivity index (χ0v) is 10.1. The molecule has 0 amide bonds. The van der Waals surface area contributed by atoms with E-state index in [1.165, 1.54) is 0 Å². The van der Waals surface area contributed by atoms with Crippen molar-refractivity contribution >= 4 is 39.0 Å². The van der Waals surface area contributed by atoms with Crippen LogP contribution >= 0.6 is 27.5 Å². The zero-order chi connectivity index (χ0) is 11.6. The molecule has 0 aromatic heterocycles. The maximum Gasteiger partial charge on any atom is 0.284 e. The van der Waals surface area contributed by atoms with Gasteiger partial charge in [0.2, 0.25) is 0 Å². The standard InChI is InChI=1S/C9H7BrClNO3/c1-5-2-3-6(10)8(7(13)4-11)9(5)12(14)15/h2-3H,4H2,1H3. The molecule has 0 bridgehead atoms. The van der Waals surface area contributed by atoms with Crippen LogP contribution in [-0.4, -0.2) is 16.6 Å². The molecule has 0 unspecified atom stereocenters. The van der Waals surface area contributed by atoms with Crippen LogP contribution in [0.5, 0.6) is 0 Å². The molecule has 15 heavy (non-hydrogen) atoms. The summed E-state index contributed by atoms with van der Waals surface area (Å²) in [6.45, 7) is 1.58. The number of ketones is 1. The number of carbonyl (C=O) groups is 1. The molecule has 4 nitrogen and oxygen atoms in total. The largest absolute Gasteiger partial charge is 0.293 e. The van der Waals surface area contributed by atoms with Crippen molar-refractivity contribution in [1.29, 1.82) is 0 Å². The van der Waals surface area contributed by atoms with Crippen LogP contribution in [0.15, 0.2) is 16.6 Å². The van der Waals surface area contributed by atoms with Crippen molar-refractivity contribution in [3.05, 3.63) is 37.8 Å². The third-order valence-corrected chi connectivity index (χ3v) is 2.82. The second-order valence-electron chi connectivity index (χ2n) is 2.90. The smallest absolute Gasteiger partial charge is 0.284 e. The van der Waals surface area contributed by atoms with E-state index in [-0.39, 0.29) is 17.1 Å². The first-order valence-corrected chi connectivity index (χ1v) is 5.34. The van der Waals surface area contributed by atoms with Gasteiger partial charge in [-0.15, -0.1) is 11.6 Å². The molecule has 0 heterocycles. The molecule has 0 aliphatic heterocycles. The van der Waals surface area contributed by atoms with Crippen LogP contribution in [-0.2, 0) is 0 Å². The van der Waals surface area contributed by atoms with Gasteiger partial charge in [-0.25, -0.2) is 0 Å². The van der Waals surface area contributed by atoms with Crippen molar-refractivity contribution in [1.82, 2.24) is 0 Å². The maximum absolute atomic E-state index is 11.4. The molecule has 0 radical (unpaired) electrons. The number of hydrogen-bond acceptors (Lipinski definition) is 3. The number of rotatable bonds is 3. The summed E-state index contributed by atoms with van der Waals surface area (Å²) in [4.78, 5) is 21.7. The number of Topliss-reactive ketones (excluding diaryl/α,β-unsaturated/α-hetero) is 1. The number of aryl methyl sites for hydroxylation is 1. The van der Waals surface area contributed by atoms with E-state index in [2.05, 4.69) is 15.9 Å². The van der Waals surface area contributed by atoms with E-state index in [9.17, 15) is 14.9 Å². The highest BCUT2D eigenvalue weighted by Gasteiger charge is 2.24. The molecule has 0 atom stereocenters. The first-order chi connectivity index (χ1) is 6.99. The maximum atomic E-state index is 11.4. The first-order valence-electron chi connectivity index (χ1n) is 4.01. The Morgan fingerprint density at radius 2 is 2.20 bits per heavy atom. The van der Waals surface area contributed by atoms with Crippen molar-refractivity contribution in [3.8, 4) is 0 Å². The Kier molecular flexibility index (Phi) is 3.82. The SMILES string of the molecule is Cc1ccc(Br)c(C(=O)CCl)c1[N+](=O)[O-]. The van der Waals surface area contributed by atoms with Gasteiger partial charge in [-0.3, -0.25) is 14.9 Å². The van der Waals surface area contributed by atoms with Crippen molar-refractivity contribution in [3.63, 3.8) is 0 Å². The number of nitro benzene ring substituents is 1. The van der Waals surface area contributed by atoms with Crippen LogP contribution < -0.4 is 0 Å². The second-order valence-corrected chi connectivity index (χ2v) is 4.02. The minimum atomic E-state index is -0.570. The molecule has 1 aromatic rings. The van der Waals surface area contributed by atoms with Crippen molar-refractivity contribution in [2.75, 3.05) is 5.88 Å². The summed E-state index contributed by atoms with van der Waals surface area (Å²) in [6.07, 6.45) is 0. The molecule has 0 saturated heterocycles. The number of alkyl halides is 1. The molecule has 0 fully saturated rings. The van der Waals surface area contributed by atoms with E-state index in [0.717, 1.165) is 0 Å². The van der Waals surface area contributed by atoms with Crippen LogP contribution in [0.4, 0.5) is 5.69 Å². The average Bonchev–Trinajstić information content (AvgIpc) is 2.19. The Balaban J connectivity index is 3.52. The number of hydrogen-bond donors (Lipinski definition) is 0. The van der Waals surface area contributed by atoms with Gasteiger partial charge < -0.3 is 0 Å². The Bertz CT molecular complexity index is 434. The summed E-state index contributed by atoms with van der Waals surface area (Å²) in [5.41, 5.74) is 0.293. The first kappa shape index (κ1) is 12.1. The summed E-state index contributed by atoms with van der Waals surface area (Å²) in [5.74, 6) is -0.734. The van der Waals surface area contributed by atoms with E-state index in [1.807, 2.05) is 0 Å². The number of nitro groups is 1. The fraction of sp³-hybridized carbons (Fsp3) is 0.222. The number of nitrogens with zero attached hydrogens (tertiary/aromatic N) is 1. The minimum absolute atomic E-state index is 0.0370. The second kappa shape index (κ2) is 4.72. The van der Waals surface area contributed by atoms with Gasteiger partial charge in [-0.2, -0.15) is 0 Å². The van der Waals surface area contributed by atoms with E-state index < -0.39 is 10.7 Å². The van der Waals surface area contributed by atoms with Crippen molar-refractivity contribution in [2.24, 2.45) is 0 Å². The molecule has 80 valence electrons. The average molecular weight is 293 g/mol. The lowest BCUT2D eigenvalue weighted by molar-refractivity contribution is -0.385. The molecular weight excluding hydrogens is 285 g/mol. The minimum Gasteiger partial charge on any atom is -0.293 e. The van der Waals surface area contributed by atoms with E-state index >= 15 is 0 Å². The summed E-state index contributed by atoms with van der Waals surface area (Å²) < 4.78 is 0.394. The lowest BCUT2D eigenvalue weighted by Gasteiger charge is -2.05. The third-order valence-electron chi connectivity index (χ3n) is 1.91. The number of benzene rings is 1. The molecule has 1 aromatic carbocycles. The molecule has 0 aliphatic rings. The molecule has 0 saturated carbocycles. The Morgan fingerprint density at radius 1 is 1.60 bits per heavy atom. The Labute approximate surface area is 99.5 Å². The third kappa shape index (κ3) is 2.35. The summed E-state index contributed by atoms with van der Waals surface area (Å²) in [5, 5.41) is 10.8. The van der Waals surface area contributed by atoms with Gasteiger partial charge in [-0.05, 0) is 28.9 Å². The van der Waals surface area contributed by atoms with Crippen LogP contribution in [0.2, 0.25) is 0 Å². The molecule has 0 N–H and O–H groups in total. The van der Waals surface area contributed by atoms with Gasteiger partial charge in [0, 0.05) is 10.0 Å². The van der Waals surface area contributed by atoms with E-state index in [4.69, 9.17) is 11.6 Å².